The van der Waals surface area contributed by atoms with Crippen LogP contribution in [0.2, 0.25) is 5.02 Å². The number of nitrogens with one attached hydrogen (secondary N) is 1. The number of hydrogen-bond donors (Lipinski definition) is 1. The van der Waals surface area contributed by atoms with E-state index in [1.165, 1.54) is 0 Å². The Kier molecular flexibility index (Phi) is 4.21. The van der Waals surface area contributed by atoms with Gasteiger partial charge in [-0.1, -0.05) is 32.4 Å². The smallest absolute Gasteiger partial charge is 0.0820 e. The second-order valence-corrected chi connectivity index (χ2v) is 4.17. The molecule has 0 aliphatic heterocycles. The Hall–Kier alpha value is -0.760. The van der Waals surface area contributed by atoms with Crippen LogP contribution in [0.15, 0.2) is 18.5 Å². The minimum atomic E-state index is 0.468. The summed E-state index contributed by atoms with van der Waals surface area (Å²) in [5.41, 5.74) is 0.974. The molecule has 0 amide bonds. The molecule has 0 spiro atoms. The topological polar surface area (TPSA) is 24.9 Å². The van der Waals surface area contributed by atoms with E-state index < -0.39 is 0 Å². The summed E-state index contributed by atoms with van der Waals surface area (Å²) in [6.07, 6.45) is 4.51. The molecule has 2 nitrogen and oxygen atoms in total. The Morgan fingerprint density at radius 3 is 2.71 bits per heavy atom. The summed E-state index contributed by atoms with van der Waals surface area (Å²) < 4.78 is 0. The second kappa shape index (κ2) is 5.20. The molecule has 1 unspecified atom stereocenters. The summed E-state index contributed by atoms with van der Waals surface area (Å²) >= 11 is 6.00. The zero-order valence-corrected chi connectivity index (χ0v) is 9.67. The van der Waals surface area contributed by atoms with Gasteiger partial charge in [-0.3, -0.25) is 4.98 Å². The minimum absolute atomic E-state index is 0.468. The lowest BCUT2D eigenvalue weighted by atomic mass is 10.0. The number of aromatic nitrogens is 1. The third-order valence-electron chi connectivity index (χ3n) is 2.36. The van der Waals surface area contributed by atoms with Gasteiger partial charge < -0.3 is 5.32 Å². The number of halogens is 1. The highest BCUT2D eigenvalue weighted by molar-refractivity contribution is 6.33. The lowest BCUT2D eigenvalue weighted by molar-refractivity contribution is 0.511. The van der Waals surface area contributed by atoms with Gasteiger partial charge in [0.05, 0.1) is 10.7 Å². The molecule has 1 N–H and O–H groups in total. The van der Waals surface area contributed by atoms with Crippen LogP contribution >= 0.6 is 11.6 Å². The number of rotatable bonds is 4. The van der Waals surface area contributed by atoms with E-state index in [0.29, 0.717) is 17.0 Å². The van der Waals surface area contributed by atoms with Gasteiger partial charge in [0.15, 0.2) is 0 Å². The van der Waals surface area contributed by atoms with Crippen molar-refractivity contribution in [3.63, 3.8) is 0 Å². The molecule has 1 atom stereocenters. The summed E-state index contributed by atoms with van der Waals surface area (Å²) in [6.45, 7) is 6.58. The van der Waals surface area contributed by atoms with Crippen molar-refractivity contribution in [1.29, 1.82) is 0 Å². The van der Waals surface area contributed by atoms with Crippen molar-refractivity contribution in [3.05, 3.63) is 23.5 Å². The molecule has 0 aliphatic rings. The predicted molar refractivity (Wildman–Crippen MR) is 61.8 cm³/mol. The van der Waals surface area contributed by atoms with Gasteiger partial charge in [0.25, 0.3) is 0 Å². The lowest BCUT2D eigenvalue weighted by Crippen LogP contribution is -2.24. The quantitative estimate of drug-likeness (QED) is 0.825. The molecular formula is C11H17ClN2. The van der Waals surface area contributed by atoms with Crippen molar-refractivity contribution in [1.82, 2.24) is 4.98 Å². The van der Waals surface area contributed by atoms with Crippen LogP contribution in [0, 0.1) is 5.92 Å². The van der Waals surface area contributed by atoms with Crippen molar-refractivity contribution in [3.8, 4) is 0 Å². The highest BCUT2D eigenvalue weighted by Crippen LogP contribution is 2.22. The molecule has 14 heavy (non-hydrogen) atoms. The maximum absolute atomic E-state index is 6.00. The van der Waals surface area contributed by atoms with E-state index in [2.05, 4.69) is 31.1 Å². The van der Waals surface area contributed by atoms with Crippen LogP contribution in [0.4, 0.5) is 5.69 Å². The normalized spacial score (nSPS) is 12.9. The first-order valence-electron chi connectivity index (χ1n) is 5.01. The SMILES string of the molecule is CCC(Nc1ccncc1Cl)C(C)C. The first-order chi connectivity index (χ1) is 6.65. The first kappa shape index (κ1) is 11.3. The Labute approximate surface area is 90.7 Å². The fourth-order valence-electron chi connectivity index (χ4n) is 1.43. The minimum Gasteiger partial charge on any atom is -0.381 e. The van der Waals surface area contributed by atoms with Crippen molar-refractivity contribution < 1.29 is 0 Å². The van der Waals surface area contributed by atoms with Crippen molar-refractivity contribution in [2.24, 2.45) is 5.92 Å². The van der Waals surface area contributed by atoms with Crippen LogP contribution in [-0.2, 0) is 0 Å². The molecule has 0 bridgehead atoms. The van der Waals surface area contributed by atoms with Crippen molar-refractivity contribution in [2.45, 2.75) is 33.2 Å². The summed E-state index contributed by atoms with van der Waals surface area (Å²) in [5, 5.41) is 4.11. The molecular weight excluding hydrogens is 196 g/mol. The van der Waals surface area contributed by atoms with Gasteiger partial charge in [0, 0.05) is 18.4 Å². The van der Waals surface area contributed by atoms with E-state index >= 15 is 0 Å². The highest BCUT2D eigenvalue weighted by Gasteiger charge is 2.11. The first-order valence-corrected chi connectivity index (χ1v) is 5.39. The molecule has 78 valence electrons. The van der Waals surface area contributed by atoms with Gasteiger partial charge in [-0.15, -0.1) is 0 Å². The van der Waals surface area contributed by atoms with Crippen LogP contribution < -0.4 is 5.32 Å². The van der Waals surface area contributed by atoms with Crippen LogP contribution in [0.25, 0.3) is 0 Å². The number of anilines is 1. The second-order valence-electron chi connectivity index (χ2n) is 3.76. The number of nitrogens with zero attached hydrogens (tertiary/aromatic N) is 1. The fourth-order valence-corrected chi connectivity index (χ4v) is 1.61. The monoisotopic (exact) mass is 212 g/mol. The van der Waals surface area contributed by atoms with E-state index in [1.807, 2.05) is 6.07 Å². The van der Waals surface area contributed by atoms with E-state index in [4.69, 9.17) is 11.6 Å². The summed E-state index contributed by atoms with van der Waals surface area (Å²) in [4.78, 5) is 3.95. The van der Waals surface area contributed by atoms with E-state index in [1.54, 1.807) is 12.4 Å². The van der Waals surface area contributed by atoms with Crippen LogP contribution in [-0.4, -0.2) is 11.0 Å². The van der Waals surface area contributed by atoms with Crippen LogP contribution in [0.3, 0.4) is 0 Å². The zero-order chi connectivity index (χ0) is 10.6. The molecule has 0 saturated carbocycles. The molecule has 0 aliphatic carbocycles. The Morgan fingerprint density at radius 1 is 1.50 bits per heavy atom. The van der Waals surface area contributed by atoms with Crippen LogP contribution in [0.5, 0.6) is 0 Å². The fraction of sp³-hybridized carbons (Fsp3) is 0.545. The van der Waals surface area contributed by atoms with Gasteiger partial charge >= 0.3 is 0 Å². The highest BCUT2D eigenvalue weighted by atomic mass is 35.5. The average Bonchev–Trinajstić information content (AvgIpc) is 2.16. The molecule has 3 heteroatoms. The van der Waals surface area contributed by atoms with Crippen LogP contribution in [0.1, 0.15) is 27.2 Å². The molecule has 0 saturated heterocycles. The average molecular weight is 213 g/mol. The van der Waals surface area contributed by atoms with Crippen molar-refractivity contribution in [2.75, 3.05) is 5.32 Å². The van der Waals surface area contributed by atoms with E-state index in [-0.39, 0.29) is 0 Å². The number of pyridine rings is 1. The maximum atomic E-state index is 6.00. The Balaban J connectivity index is 2.72. The molecule has 0 radical (unpaired) electrons. The molecule has 0 fully saturated rings. The van der Waals surface area contributed by atoms with Gasteiger partial charge in [0.2, 0.25) is 0 Å². The Morgan fingerprint density at radius 2 is 2.21 bits per heavy atom. The summed E-state index contributed by atoms with van der Waals surface area (Å²) in [5.74, 6) is 0.601. The van der Waals surface area contributed by atoms with Crippen molar-refractivity contribution >= 4 is 17.3 Å². The third kappa shape index (κ3) is 2.88. The molecule has 1 rings (SSSR count). The largest absolute Gasteiger partial charge is 0.381 e. The van der Waals surface area contributed by atoms with Gasteiger partial charge in [0.1, 0.15) is 0 Å². The molecule has 1 heterocycles. The summed E-state index contributed by atoms with van der Waals surface area (Å²) in [6, 6.07) is 2.38. The number of hydrogen-bond acceptors (Lipinski definition) is 2. The van der Waals surface area contributed by atoms with E-state index in [0.717, 1.165) is 12.1 Å². The third-order valence-corrected chi connectivity index (χ3v) is 2.66. The Bertz CT molecular complexity index is 286. The standard InChI is InChI=1S/C11H17ClN2/c1-4-10(8(2)3)14-11-5-6-13-7-9(11)12/h5-8,10H,4H2,1-3H3,(H,13,14). The molecule has 1 aromatic heterocycles. The summed E-state index contributed by atoms with van der Waals surface area (Å²) in [7, 11) is 0. The molecule has 1 aromatic rings. The van der Waals surface area contributed by atoms with Gasteiger partial charge in [-0.2, -0.15) is 0 Å². The lowest BCUT2D eigenvalue weighted by Gasteiger charge is -2.22. The van der Waals surface area contributed by atoms with E-state index in [9.17, 15) is 0 Å². The zero-order valence-electron chi connectivity index (χ0n) is 8.92. The van der Waals surface area contributed by atoms with Gasteiger partial charge in [-0.05, 0) is 18.4 Å². The predicted octanol–water partition coefficient (Wildman–Crippen LogP) is 3.58. The maximum Gasteiger partial charge on any atom is 0.0820 e. The van der Waals surface area contributed by atoms with Gasteiger partial charge in [-0.25, -0.2) is 0 Å². The molecule has 0 aromatic carbocycles.